The van der Waals surface area contributed by atoms with Crippen molar-refractivity contribution >= 4 is 21.4 Å². The molecule has 0 aliphatic carbocycles. The second-order valence-electron chi connectivity index (χ2n) is 5.74. The predicted octanol–water partition coefficient (Wildman–Crippen LogP) is 2.75. The normalized spacial score (nSPS) is 13.8. The number of rotatable bonds is 5. The van der Waals surface area contributed by atoms with Crippen LogP contribution in [0.5, 0.6) is 11.5 Å². The first-order chi connectivity index (χ1) is 12.4. The molecule has 8 nitrogen and oxygen atoms in total. The zero-order valence-corrected chi connectivity index (χ0v) is 15.2. The van der Waals surface area contributed by atoms with E-state index in [0.717, 1.165) is 18.1 Å². The average molecular weight is 378 g/mol. The van der Waals surface area contributed by atoms with E-state index in [2.05, 4.69) is 0 Å². The molecule has 0 amide bonds. The fraction of sp³-hybridized carbons (Fsp3) is 0.294. The highest BCUT2D eigenvalue weighted by Crippen LogP contribution is 2.41. The minimum atomic E-state index is -4.08. The monoisotopic (exact) mass is 378 g/mol. The number of sulfonamides is 1. The van der Waals surface area contributed by atoms with Gasteiger partial charge in [-0.3, -0.25) is 14.4 Å². The molecule has 1 aliphatic rings. The summed E-state index contributed by atoms with van der Waals surface area (Å²) >= 11 is 0. The predicted molar refractivity (Wildman–Crippen MR) is 95.5 cm³/mol. The fourth-order valence-electron chi connectivity index (χ4n) is 3.08. The lowest BCUT2D eigenvalue weighted by Gasteiger charge is -2.32. The van der Waals surface area contributed by atoms with Gasteiger partial charge in [0.05, 0.1) is 24.8 Å². The summed E-state index contributed by atoms with van der Waals surface area (Å²) in [4.78, 5) is 10.2. The van der Waals surface area contributed by atoms with Crippen LogP contribution >= 0.6 is 0 Å². The van der Waals surface area contributed by atoms with Gasteiger partial charge < -0.3 is 9.47 Å². The maximum atomic E-state index is 13.3. The Morgan fingerprint density at radius 3 is 2.50 bits per heavy atom. The first kappa shape index (κ1) is 18.0. The standard InChI is InChI=1S/C17H18N2O6S/c1-24-14-9-8-13(19(20)21)11-16(14)26(22,23)18-10-4-6-12-5-3-7-15(25-2)17(12)18/h3,5,7-9,11H,4,6,10H2,1-2H3. The van der Waals surface area contributed by atoms with Crippen molar-refractivity contribution in [2.45, 2.75) is 17.7 Å². The third kappa shape index (κ3) is 2.94. The number of hydrogen-bond acceptors (Lipinski definition) is 6. The number of ether oxygens (including phenoxy) is 2. The first-order valence-corrected chi connectivity index (χ1v) is 9.35. The van der Waals surface area contributed by atoms with Gasteiger partial charge in [-0.25, -0.2) is 8.42 Å². The molecular formula is C17H18N2O6S. The summed E-state index contributed by atoms with van der Waals surface area (Å²) in [5, 5.41) is 11.1. The van der Waals surface area contributed by atoms with Crippen LogP contribution in [0.2, 0.25) is 0 Å². The van der Waals surface area contributed by atoms with Gasteiger partial charge in [0.15, 0.2) is 0 Å². The van der Waals surface area contributed by atoms with Gasteiger partial charge in [0.25, 0.3) is 15.7 Å². The van der Waals surface area contributed by atoms with Crippen LogP contribution in [0.4, 0.5) is 11.4 Å². The van der Waals surface area contributed by atoms with Gasteiger partial charge >= 0.3 is 0 Å². The minimum Gasteiger partial charge on any atom is -0.495 e. The lowest BCUT2D eigenvalue weighted by atomic mass is 10.0. The van der Waals surface area contributed by atoms with Crippen molar-refractivity contribution in [1.29, 1.82) is 0 Å². The van der Waals surface area contributed by atoms with Crippen LogP contribution in [0, 0.1) is 10.1 Å². The fourth-order valence-corrected chi connectivity index (χ4v) is 4.81. The number of nitro benzene ring substituents is 1. The van der Waals surface area contributed by atoms with Crippen molar-refractivity contribution in [1.82, 2.24) is 0 Å². The van der Waals surface area contributed by atoms with E-state index in [9.17, 15) is 18.5 Å². The Morgan fingerprint density at radius 2 is 1.85 bits per heavy atom. The number of hydrogen-bond donors (Lipinski definition) is 0. The van der Waals surface area contributed by atoms with E-state index in [4.69, 9.17) is 9.47 Å². The summed E-state index contributed by atoms with van der Waals surface area (Å²) in [6, 6.07) is 8.88. The molecule has 1 aliphatic heterocycles. The van der Waals surface area contributed by atoms with Gasteiger partial charge in [-0.15, -0.1) is 0 Å². The van der Waals surface area contributed by atoms with Gasteiger partial charge in [-0.1, -0.05) is 12.1 Å². The molecule has 0 unspecified atom stereocenters. The number of nitrogens with zero attached hydrogens (tertiary/aromatic N) is 2. The molecule has 0 aromatic heterocycles. The third-order valence-corrected chi connectivity index (χ3v) is 6.11. The van der Waals surface area contributed by atoms with E-state index < -0.39 is 14.9 Å². The van der Waals surface area contributed by atoms with Crippen LogP contribution in [0.1, 0.15) is 12.0 Å². The minimum absolute atomic E-state index is 0.0534. The number of methoxy groups -OCH3 is 2. The maximum Gasteiger partial charge on any atom is 0.271 e. The Labute approximate surface area is 151 Å². The molecule has 26 heavy (non-hydrogen) atoms. The Bertz CT molecular complexity index is 943. The van der Waals surface area contributed by atoms with Crippen LogP contribution in [-0.4, -0.2) is 34.1 Å². The number of para-hydroxylation sites is 1. The molecule has 138 valence electrons. The number of nitro groups is 1. The van der Waals surface area contributed by atoms with Crippen molar-refractivity contribution in [3.8, 4) is 11.5 Å². The average Bonchev–Trinajstić information content (AvgIpc) is 2.66. The molecule has 1 heterocycles. The first-order valence-electron chi connectivity index (χ1n) is 7.91. The third-order valence-electron chi connectivity index (χ3n) is 4.29. The molecule has 0 radical (unpaired) electrons. The molecule has 3 rings (SSSR count). The summed E-state index contributed by atoms with van der Waals surface area (Å²) in [7, 11) is -1.28. The molecule has 0 bridgehead atoms. The van der Waals surface area contributed by atoms with E-state index >= 15 is 0 Å². The highest BCUT2D eigenvalue weighted by molar-refractivity contribution is 7.93. The quantitative estimate of drug-likeness (QED) is 0.586. The Balaban J connectivity index is 2.20. The summed E-state index contributed by atoms with van der Waals surface area (Å²) in [5.74, 6) is 0.493. The molecule has 2 aromatic rings. The van der Waals surface area contributed by atoms with Gasteiger partial charge in [0.2, 0.25) is 0 Å². The summed E-state index contributed by atoms with van der Waals surface area (Å²) < 4.78 is 38.4. The van der Waals surface area contributed by atoms with Crippen molar-refractivity contribution in [3.05, 3.63) is 52.1 Å². The van der Waals surface area contributed by atoms with E-state index in [1.54, 1.807) is 6.07 Å². The second-order valence-corrected chi connectivity index (χ2v) is 7.57. The summed E-state index contributed by atoms with van der Waals surface area (Å²) in [5.41, 5.74) is 1.00. The summed E-state index contributed by atoms with van der Waals surface area (Å²) in [6.07, 6.45) is 1.36. The molecule has 0 N–H and O–H groups in total. The molecule has 0 saturated carbocycles. The van der Waals surface area contributed by atoms with E-state index in [1.165, 1.54) is 30.7 Å². The van der Waals surface area contributed by atoms with Crippen molar-refractivity contribution < 1.29 is 22.8 Å². The Morgan fingerprint density at radius 1 is 1.12 bits per heavy atom. The molecule has 0 fully saturated rings. The smallest absolute Gasteiger partial charge is 0.271 e. The lowest BCUT2D eigenvalue weighted by molar-refractivity contribution is -0.385. The number of anilines is 1. The topological polar surface area (TPSA) is 99.0 Å². The van der Waals surface area contributed by atoms with Gasteiger partial charge in [-0.2, -0.15) is 0 Å². The SMILES string of the molecule is COc1ccc([N+](=O)[O-])cc1S(=O)(=O)N1CCCc2cccc(OC)c21. The van der Waals surface area contributed by atoms with Crippen molar-refractivity contribution in [3.63, 3.8) is 0 Å². The second kappa shape index (κ2) is 6.83. The van der Waals surface area contributed by atoms with E-state index in [-0.39, 0.29) is 22.9 Å². The molecule has 0 spiro atoms. The highest BCUT2D eigenvalue weighted by atomic mass is 32.2. The number of aryl methyl sites for hydroxylation is 1. The summed E-state index contributed by atoms with van der Waals surface area (Å²) in [6.45, 7) is 0.252. The lowest BCUT2D eigenvalue weighted by Crippen LogP contribution is -2.36. The Kier molecular flexibility index (Phi) is 4.73. The van der Waals surface area contributed by atoms with Crippen LogP contribution < -0.4 is 13.8 Å². The number of non-ortho nitro benzene ring substituents is 1. The molecule has 0 saturated heterocycles. The van der Waals surface area contributed by atoms with E-state index in [1.807, 2.05) is 12.1 Å². The molecule has 0 atom stereocenters. The molecular weight excluding hydrogens is 360 g/mol. The maximum absolute atomic E-state index is 13.3. The molecule has 2 aromatic carbocycles. The van der Waals surface area contributed by atoms with Crippen LogP contribution in [0.15, 0.2) is 41.3 Å². The number of benzene rings is 2. The van der Waals surface area contributed by atoms with Crippen LogP contribution in [-0.2, 0) is 16.4 Å². The van der Waals surface area contributed by atoms with Gasteiger partial charge in [-0.05, 0) is 30.5 Å². The van der Waals surface area contributed by atoms with Crippen LogP contribution in [0.25, 0.3) is 0 Å². The van der Waals surface area contributed by atoms with Crippen LogP contribution in [0.3, 0.4) is 0 Å². The number of fused-ring (bicyclic) bond motifs is 1. The van der Waals surface area contributed by atoms with E-state index in [0.29, 0.717) is 17.9 Å². The highest BCUT2D eigenvalue weighted by Gasteiger charge is 2.34. The zero-order chi connectivity index (χ0) is 18.9. The largest absolute Gasteiger partial charge is 0.495 e. The van der Waals surface area contributed by atoms with Crippen molar-refractivity contribution in [2.75, 3.05) is 25.1 Å². The zero-order valence-electron chi connectivity index (χ0n) is 14.3. The molecule has 9 heteroatoms. The van der Waals surface area contributed by atoms with Gasteiger partial charge in [0, 0.05) is 18.7 Å². The van der Waals surface area contributed by atoms with Crippen molar-refractivity contribution in [2.24, 2.45) is 0 Å². The Hall–Kier alpha value is -2.81. The van der Waals surface area contributed by atoms with Gasteiger partial charge in [0.1, 0.15) is 16.4 Å².